The van der Waals surface area contributed by atoms with Crippen molar-refractivity contribution in [3.05, 3.63) is 0 Å². The Morgan fingerprint density at radius 3 is 2.31 bits per heavy atom. The van der Waals surface area contributed by atoms with Gasteiger partial charge in [0.25, 0.3) is 0 Å². The number of hydrogen-bond acceptors (Lipinski definition) is 3. The highest BCUT2D eigenvalue weighted by Crippen LogP contribution is 2.69. The van der Waals surface area contributed by atoms with Crippen LogP contribution in [0.1, 0.15) is 91.9 Å². The van der Waals surface area contributed by atoms with E-state index in [2.05, 4.69) is 27.7 Å². The normalized spacial score (nSPS) is 53.1. The molecule has 0 aromatic carbocycles. The predicted molar refractivity (Wildman–Crippen MR) is 117 cm³/mol. The summed E-state index contributed by atoms with van der Waals surface area (Å²) in [6.45, 7) is 10.0. The minimum Gasteiger partial charge on any atom is -0.396 e. The third kappa shape index (κ3) is 3.33. The molecule has 4 aliphatic carbocycles. The van der Waals surface area contributed by atoms with Crippen LogP contribution in [-0.4, -0.2) is 34.1 Å². The van der Waals surface area contributed by atoms with Crippen LogP contribution in [0.2, 0.25) is 0 Å². The van der Waals surface area contributed by atoms with Gasteiger partial charge in [-0.25, -0.2) is 0 Å². The molecule has 11 atom stereocenters. The zero-order chi connectivity index (χ0) is 21.0. The summed E-state index contributed by atoms with van der Waals surface area (Å²) in [6, 6.07) is 0. The number of aliphatic hydroxyl groups is 3. The molecule has 4 fully saturated rings. The highest BCUT2D eigenvalue weighted by Gasteiger charge is 2.64. The number of hydrogen-bond donors (Lipinski definition) is 3. The smallest absolute Gasteiger partial charge is 0.0605 e. The van der Waals surface area contributed by atoms with Crippen LogP contribution in [0.15, 0.2) is 0 Å². The van der Waals surface area contributed by atoms with Gasteiger partial charge in [0.05, 0.1) is 12.2 Å². The molecule has 0 amide bonds. The first-order valence-corrected chi connectivity index (χ1v) is 12.7. The summed E-state index contributed by atoms with van der Waals surface area (Å²) in [7, 11) is 0. The average molecular weight is 407 g/mol. The first-order valence-electron chi connectivity index (χ1n) is 12.7. The molecule has 0 aromatic heterocycles. The van der Waals surface area contributed by atoms with Crippen molar-refractivity contribution < 1.29 is 15.3 Å². The molecule has 0 heterocycles. The van der Waals surface area contributed by atoms with E-state index in [9.17, 15) is 15.3 Å². The molecule has 3 heteroatoms. The fraction of sp³-hybridized carbons (Fsp3) is 1.00. The molecule has 0 radical (unpaired) electrons. The fourth-order valence-corrected chi connectivity index (χ4v) is 9.55. The topological polar surface area (TPSA) is 60.7 Å². The quantitative estimate of drug-likeness (QED) is 0.601. The lowest BCUT2D eigenvalue weighted by Gasteiger charge is -2.64. The lowest BCUT2D eigenvalue weighted by molar-refractivity contribution is -0.203. The second-order valence-electron chi connectivity index (χ2n) is 12.0. The van der Waals surface area contributed by atoms with Crippen LogP contribution in [0.4, 0.5) is 0 Å². The summed E-state index contributed by atoms with van der Waals surface area (Å²) >= 11 is 0. The van der Waals surface area contributed by atoms with Gasteiger partial charge in [-0.1, -0.05) is 34.1 Å². The second kappa shape index (κ2) is 8.10. The molecule has 4 unspecified atom stereocenters. The summed E-state index contributed by atoms with van der Waals surface area (Å²) in [5.41, 5.74) is 0.651. The molecule has 29 heavy (non-hydrogen) atoms. The van der Waals surface area contributed by atoms with Gasteiger partial charge in [0, 0.05) is 6.61 Å². The van der Waals surface area contributed by atoms with Gasteiger partial charge in [-0.2, -0.15) is 0 Å². The molecule has 0 saturated heterocycles. The molecular weight excluding hydrogens is 360 g/mol. The molecule has 0 spiro atoms. The Hall–Kier alpha value is -0.120. The lowest BCUT2D eigenvalue weighted by atomic mass is 9.41. The van der Waals surface area contributed by atoms with Gasteiger partial charge < -0.3 is 15.3 Å². The van der Waals surface area contributed by atoms with Crippen molar-refractivity contribution in [2.24, 2.45) is 52.3 Å². The third-order valence-corrected chi connectivity index (χ3v) is 11.0. The molecule has 0 bridgehead atoms. The van der Waals surface area contributed by atoms with Crippen LogP contribution in [0, 0.1) is 52.3 Å². The van der Waals surface area contributed by atoms with E-state index in [1.165, 1.54) is 25.7 Å². The van der Waals surface area contributed by atoms with Crippen LogP contribution in [0.5, 0.6) is 0 Å². The average Bonchev–Trinajstić information content (AvgIpc) is 3.05. The van der Waals surface area contributed by atoms with Crippen LogP contribution >= 0.6 is 0 Å². The van der Waals surface area contributed by atoms with Crippen LogP contribution in [0.3, 0.4) is 0 Å². The molecule has 0 aliphatic heterocycles. The van der Waals surface area contributed by atoms with Gasteiger partial charge in [0.15, 0.2) is 0 Å². The summed E-state index contributed by atoms with van der Waals surface area (Å²) in [4.78, 5) is 0. The Balaban J connectivity index is 1.63. The zero-order valence-electron chi connectivity index (χ0n) is 19.3. The maximum atomic E-state index is 11.7. The van der Waals surface area contributed by atoms with Gasteiger partial charge >= 0.3 is 0 Å². The number of aliphatic hydroxyl groups excluding tert-OH is 3. The minimum absolute atomic E-state index is 0.164. The Kier molecular flexibility index (Phi) is 6.17. The van der Waals surface area contributed by atoms with Gasteiger partial charge in [-0.05, 0) is 110 Å². The molecule has 0 aromatic rings. The van der Waals surface area contributed by atoms with Crippen molar-refractivity contribution >= 4 is 0 Å². The maximum Gasteiger partial charge on any atom is 0.0605 e. The van der Waals surface area contributed by atoms with Crippen molar-refractivity contribution in [3.63, 3.8) is 0 Å². The first kappa shape index (κ1) is 22.1. The van der Waals surface area contributed by atoms with E-state index >= 15 is 0 Å². The van der Waals surface area contributed by atoms with Crippen LogP contribution < -0.4 is 0 Å². The fourth-order valence-electron chi connectivity index (χ4n) is 9.55. The SMILES string of the molecule is CCC1[C@H](O)C2C3CC[C@H]([C@H](C)CCCO)[C@@]3(C)CCC2[C@@]2(C)CC[C@@H](O)C[C@@H]12. The molecule has 4 aliphatic rings. The highest BCUT2D eigenvalue weighted by molar-refractivity contribution is 5.13. The predicted octanol–water partition coefficient (Wildman–Crippen LogP) is 5.02. The van der Waals surface area contributed by atoms with E-state index in [0.717, 1.165) is 44.4 Å². The molecule has 4 rings (SSSR count). The first-order chi connectivity index (χ1) is 13.8. The van der Waals surface area contributed by atoms with Gasteiger partial charge in [0.1, 0.15) is 0 Å². The van der Waals surface area contributed by atoms with Crippen molar-refractivity contribution in [3.8, 4) is 0 Å². The van der Waals surface area contributed by atoms with Crippen molar-refractivity contribution in [2.45, 2.75) is 104 Å². The van der Waals surface area contributed by atoms with Gasteiger partial charge in [-0.15, -0.1) is 0 Å². The molecular formula is C26H46O3. The molecule has 3 N–H and O–H groups in total. The van der Waals surface area contributed by atoms with E-state index in [0.29, 0.717) is 52.9 Å². The molecule has 3 nitrogen and oxygen atoms in total. The minimum atomic E-state index is -0.190. The van der Waals surface area contributed by atoms with Crippen LogP contribution in [0.25, 0.3) is 0 Å². The van der Waals surface area contributed by atoms with E-state index < -0.39 is 0 Å². The second-order valence-corrected chi connectivity index (χ2v) is 12.0. The molecule has 4 saturated carbocycles. The third-order valence-electron chi connectivity index (χ3n) is 11.0. The van der Waals surface area contributed by atoms with Crippen molar-refractivity contribution in [2.75, 3.05) is 6.61 Å². The molecule has 168 valence electrons. The maximum absolute atomic E-state index is 11.7. The summed E-state index contributed by atoms with van der Waals surface area (Å²) in [5.74, 6) is 3.97. The largest absolute Gasteiger partial charge is 0.396 e. The van der Waals surface area contributed by atoms with E-state index in [4.69, 9.17) is 0 Å². The van der Waals surface area contributed by atoms with E-state index in [1.807, 2.05) is 0 Å². The summed E-state index contributed by atoms with van der Waals surface area (Å²) in [5, 5.41) is 31.4. The summed E-state index contributed by atoms with van der Waals surface area (Å²) < 4.78 is 0. The Bertz CT molecular complexity index is 578. The highest BCUT2D eigenvalue weighted by atomic mass is 16.3. The van der Waals surface area contributed by atoms with E-state index in [1.54, 1.807) is 0 Å². The Morgan fingerprint density at radius 2 is 1.62 bits per heavy atom. The van der Waals surface area contributed by atoms with Crippen molar-refractivity contribution in [1.82, 2.24) is 0 Å². The summed E-state index contributed by atoms with van der Waals surface area (Å²) in [6.07, 6.45) is 10.9. The number of fused-ring (bicyclic) bond motifs is 5. The zero-order valence-corrected chi connectivity index (χ0v) is 19.3. The van der Waals surface area contributed by atoms with Gasteiger partial charge in [0.2, 0.25) is 0 Å². The van der Waals surface area contributed by atoms with Gasteiger partial charge in [-0.3, -0.25) is 0 Å². The van der Waals surface area contributed by atoms with Crippen molar-refractivity contribution in [1.29, 1.82) is 0 Å². The lowest BCUT2D eigenvalue weighted by Crippen LogP contribution is -2.62. The van der Waals surface area contributed by atoms with E-state index in [-0.39, 0.29) is 12.2 Å². The number of rotatable bonds is 5. The Labute approximate surface area is 178 Å². The Morgan fingerprint density at radius 1 is 0.931 bits per heavy atom. The standard InChI is InChI=1S/C26H46O3/c1-5-18-22-15-17(28)10-12-26(22,4)21-11-13-25(3)19(16(2)7-6-14-27)8-9-20(25)23(21)24(18)29/h16-24,27-29H,5-15H2,1-4H3/t16-,17-,18?,19-,20?,21?,22+,23?,24+,25-,26-/m1/s1. The van der Waals surface area contributed by atoms with Crippen LogP contribution in [-0.2, 0) is 0 Å². The monoisotopic (exact) mass is 406 g/mol.